The molecular weight excluding hydrogens is 701 g/mol. The molecular formula is C53H94O4. The fourth-order valence-corrected chi connectivity index (χ4v) is 6.88. The van der Waals surface area contributed by atoms with Crippen molar-refractivity contribution in [2.24, 2.45) is 0 Å². The van der Waals surface area contributed by atoms with Gasteiger partial charge in [0.25, 0.3) is 0 Å². The van der Waals surface area contributed by atoms with Crippen LogP contribution < -0.4 is 0 Å². The highest BCUT2D eigenvalue weighted by molar-refractivity contribution is 5.69. The van der Waals surface area contributed by atoms with E-state index in [4.69, 9.17) is 9.47 Å². The SMILES string of the molecule is CC/C=C\C/C=C\C/C=C\C/C=C\CCCCCCCCCCCOCC(CO)OC(=O)CCCCCCCCCCCCC/C=C\C/C=C\CCCCCCC. The second-order valence-electron chi connectivity index (χ2n) is 16.2. The first-order valence-corrected chi connectivity index (χ1v) is 24.5. The Balaban J connectivity index is 3.44. The molecule has 0 saturated heterocycles. The van der Waals surface area contributed by atoms with Gasteiger partial charge in [0, 0.05) is 13.0 Å². The molecule has 0 aliphatic carbocycles. The number of allylic oxidation sites excluding steroid dienone is 12. The van der Waals surface area contributed by atoms with Crippen LogP contribution in [-0.2, 0) is 14.3 Å². The van der Waals surface area contributed by atoms with E-state index in [1.165, 1.54) is 161 Å². The van der Waals surface area contributed by atoms with E-state index in [2.05, 4.69) is 86.8 Å². The number of unbranched alkanes of at least 4 members (excludes halogenated alkanes) is 25. The number of hydrogen-bond acceptors (Lipinski definition) is 4. The third-order valence-electron chi connectivity index (χ3n) is 10.5. The Labute approximate surface area is 355 Å². The van der Waals surface area contributed by atoms with Gasteiger partial charge in [-0.2, -0.15) is 0 Å². The van der Waals surface area contributed by atoms with E-state index in [0.717, 1.165) is 51.4 Å². The van der Waals surface area contributed by atoms with Gasteiger partial charge in [0.05, 0.1) is 13.2 Å². The van der Waals surface area contributed by atoms with Gasteiger partial charge in [0.1, 0.15) is 6.10 Å². The fourth-order valence-electron chi connectivity index (χ4n) is 6.88. The Hall–Kier alpha value is -2.17. The van der Waals surface area contributed by atoms with E-state index >= 15 is 0 Å². The summed E-state index contributed by atoms with van der Waals surface area (Å²) in [6.45, 7) is 5.22. The first-order valence-electron chi connectivity index (χ1n) is 24.5. The standard InChI is InChI=1S/C53H94O4/c1-3-5-7-9-11-13-15-17-19-21-23-25-27-28-30-32-34-36-38-40-42-44-46-48-53(55)57-52(50-54)51-56-49-47-45-43-41-39-37-35-33-31-29-26-24-22-20-18-16-14-12-10-8-6-4-2/h6,8,12,14-15,17-18,20-21,23-24,26,52,54H,3-5,7,9-11,13,16,19,22,25,27-51H2,1-2H3/b8-6-,14-12-,17-15-,20-18-,23-21-,26-24-. The highest BCUT2D eigenvalue weighted by Gasteiger charge is 2.13. The molecule has 0 rings (SSSR count). The zero-order valence-electron chi connectivity index (χ0n) is 37.8. The van der Waals surface area contributed by atoms with E-state index in [1.807, 2.05) is 0 Å². The Morgan fingerprint density at radius 2 is 0.789 bits per heavy atom. The molecule has 0 aromatic heterocycles. The summed E-state index contributed by atoms with van der Waals surface area (Å²) in [5.74, 6) is -0.205. The lowest BCUT2D eigenvalue weighted by Crippen LogP contribution is -2.27. The summed E-state index contributed by atoms with van der Waals surface area (Å²) in [5.41, 5.74) is 0. The smallest absolute Gasteiger partial charge is 0.306 e. The summed E-state index contributed by atoms with van der Waals surface area (Å²) in [4.78, 5) is 12.3. The molecule has 0 saturated carbocycles. The van der Waals surface area contributed by atoms with Crippen molar-refractivity contribution in [1.82, 2.24) is 0 Å². The highest BCUT2D eigenvalue weighted by Crippen LogP contribution is 2.14. The van der Waals surface area contributed by atoms with Crippen LogP contribution in [-0.4, -0.2) is 37.0 Å². The predicted octanol–water partition coefficient (Wildman–Crippen LogP) is 16.5. The van der Waals surface area contributed by atoms with E-state index in [1.54, 1.807) is 0 Å². The van der Waals surface area contributed by atoms with Crippen LogP contribution in [0.5, 0.6) is 0 Å². The normalized spacial score (nSPS) is 13.0. The van der Waals surface area contributed by atoms with Crippen LogP contribution in [0.1, 0.15) is 232 Å². The molecule has 330 valence electrons. The van der Waals surface area contributed by atoms with Crippen LogP contribution in [0.15, 0.2) is 72.9 Å². The number of carbonyl (C=O) groups is 1. The molecule has 0 aliphatic heterocycles. The lowest BCUT2D eigenvalue weighted by Gasteiger charge is -2.16. The maximum absolute atomic E-state index is 12.3. The van der Waals surface area contributed by atoms with Gasteiger partial charge in [-0.05, 0) is 83.5 Å². The molecule has 4 heteroatoms. The summed E-state index contributed by atoms with van der Waals surface area (Å²) in [6.07, 6.45) is 68.4. The van der Waals surface area contributed by atoms with Crippen molar-refractivity contribution < 1.29 is 19.4 Å². The van der Waals surface area contributed by atoms with Gasteiger partial charge in [-0.1, -0.05) is 215 Å². The van der Waals surface area contributed by atoms with E-state index in [0.29, 0.717) is 13.0 Å². The summed E-state index contributed by atoms with van der Waals surface area (Å²) < 4.78 is 11.2. The van der Waals surface area contributed by atoms with Crippen molar-refractivity contribution in [2.45, 2.75) is 238 Å². The Kier molecular flexibility index (Phi) is 48.1. The lowest BCUT2D eigenvalue weighted by molar-refractivity contribution is -0.154. The van der Waals surface area contributed by atoms with Crippen LogP contribution in [0.2, 0.25) is 0 Å². The number of hydrogen-bond donors (Lipinski definition) is 1. The first kappa shape index (κ1) is 54.8. The van der Waals surface area contributed by atoms with Gasteiger partial charge >= 0.3 is 5.97 Å². The Bertz CT molecular complexity index is 973. The molecule has 0 aliphatic rings. The zero-order chi connectivity index (χ0) is 41.2. The van der Waals surface area contributed by atoms with Gasteiger partial charge < -0.3 is 14.6 Å². The number of aliphatic hydroxyl groups excluding tert-OH is 1. The molecule has 0 aromatic carbocycles. The predicted molar refractivity (Wildman–Crippen MR) is 251 cm³/mol. The van der Waals surface area contributed by atoms with Crippen molar-refractivity contribution in [3.63, 3.8) is 0 Å². The number of carbonyl (C=O) groups excluding carboxylic acids is 1. The summed E-state index contributed by atoms with van der Waals surface area (Å²) in [5, 5.41) is 9.64. The topological polar surface area (TPSA) is 55.8 Å². The molecule has 0 radical (unpaired) electrons. The van der Waals surface area contributed by atoms with Crippen LogP contribution in [0.3, 0.4) is 0 Å². The summed E-state index contributed by atoms with van der Waals surface area (Å²) >= 11 is 0. The van der Waals surface area contributed by atoms with Crippen LogP contribution in [0.4, 0.5) is 0 Å². The number of rotatable bonds is 45. The van der Waals surface area contributed by atoms with Crippen molar-refractivity contribution in [3.8, 4) is 0 Å². The minimum atomic E-state index is -0.543. The molecule has 4 nitrogen and oxygen atoms in total. The minimum Gasteiger partial charge on any atom is -0.457 e. The van der Waals surface area contributed by atoms with Crippen molar-refractivity contribution >= 4 is 5.97 Å². The lowest BCUT2D eigenvalue weighted by atomic mass is 10.0. The Morgan fingerprint density at radius 3 is 1.19 bits per heavy atom. The van der Waals surface area contributed by atoms with Gasteiger partial charge in [-0.3, -0.25) is 4.79 Å². The molecule has 0 heterocycles. The molecule has 1 atom stereocenters. The number of esters is 1. The van der Waals surface area contributed by atoms with Crippen molar-refractivity contribution in [3.05, 3.63) is 72.9 Å². The highest BCUT2D eigenvalue weighted by atomic mass is 16.6. The number of aliphatic hydroxyl groups is 1. The number of ether oxygens (including phenoxy) is 2. The second kappa shape index (κ2) is 50.0. The van der Waals surface area contributed by atoms with E-state index in [9.17, 15) is 9.90 Å². The zero-order valence-corrected chi connectivity index (χ0v) is 37.8. The average molecular weight is 795 g/mol. The van der Waals surface area contributed by atoms with Gasteiger partial charge in [0.15, 0.2) is 0 Å². The largest absolute Gasteiger partial charge is 0.457 e. The van der Waals surface area contributed by atoms with Crippen LogP contribution in [0, 0.1) is 0 Å². The van der Waals surface area contributed by atoms with Crippen molar-refractivity contribution in [2.75, 3.05) is 19.8 Å². The fraction of sp³-hybridized carbons (Fsp3) is 0.755. The molecule has 0 fully saturated rings. The first-order chi connectivity index (χ1) is 28.2. The summed E-state index contributed by atoms with van der Waals surface area (Å²) in [7, 11) is 0. The third kappa shape index (κ3) is 48.1. The third-order valence-corrected chi connectivity index (χ3v) is 10.5. The molecule has 0 bridgehead atoms. The average Bonchev–Trinajstić information content (AvgIpc) is 3.22. The van der Waals surface area contributed by atoms with Gasteiger partial charge in [0.2, 0.25) is 0 Å². The minimum absolute atomic E-state index is 0.177. The Morgan fingerprint density at radius 1 is 0.439 bits per heavy atom. The molecule has 0 spiro atoms. The van der Waals surface area contributed by atoms with Gasteiger partial charge in [-0.15, -0.1) is 0 Å². The monoisotopic (exact) mass is 795 g/mol. The maximum Gasteiger partial charge on any atom is 0.306 e. The van der Waals surface area contributed by atoms with E-state index in [-0.39, 0.29) is 19.2 Å². The molecule has 1 unspecified atom stereocenters. The van der Waals surface area contributed by atoms with E-state index < -0.39 is 6.10 Å². The molecule has 57 heavy (non-hydrogen) atoms. The van der Waals surface area contributed by atoms with Gasteiger partial charge in [-0.25, -0.2) is 0 Å². The van der Waals surface area contributed by atoms with Crippen LogP contribution in [0.25, 0.3) is 0 Å². The van der Waals surface area contributed by atoms with Crippen LogP contribution >= 0.6 is 0 Å². The molecule has 1 N–H and O–H groups in total. The summed E-state index contributed by atoms with van der Waals surface area (Å²) in [6, 6.07) is 0. The quantitative estimate of drug-likeness (QED) is 0.0379. The molecule has 0 aromatic rings. The second-order valence-corrected chi connectivity index (χ2v) is 16.2. The molecule has 0 amide bonds. The maximum atomic E-state index is 12.3. The van der Waals surface area contributed by atoms with Crippen molar-refractivity contribution in [1.29, 1.82) is 0 Å².